The van der Waals surface area contributed by atoms with Gasteiger partial charge in [0.2, 0.25) is 0 Å². The van der Waals surface area contributed by atoms with Crippen LogP contribution in [0, 0.1) is 0 Å². The van der Waals surface area contributed by atoms with Crippen molar-refractivity contribution < 1.29 is 0 Å². The molecule has 0 spiro atoms. The molecule has 8 aromatic carbocycles. The van der Waals surface area contributed by atoms with Crippen LogP contribution < -0.4 is 10.6 Å². The van der Waals surface area contributed by atoms with Crippen molar-refractivity contribution >= 4 is 22.7 Å². The monoisotopic (exact) mass is 722 g/mol. The molecule has 0 saturated heterocycles. The quantitative estimate of drug-likeness (QED) is 0.179. The molecular weight excluding hydrogens is 677 g/mol. The van der Waals surface area contributed by atoms with Crippen LogP contribution in [0.2, 0.25) is 0 Å². The first-order valence-corrected chi connectivity index (χ1v) is 19.6. The van der Waals surface area contributed by atoms with Crippen LogP contribution in [0.15, 0.2) is 194 Å². The summed E-state index contributed by atoms with van der Waals surface area (Å²) in [6.45, 7) is 9.25. The van der Waals surface area contributed by atoms with Gasteiger partial charge in [-0.05, 0) is 115 Å². The highest BCUT2D eigenvalue weighted by molar-refractivity contribution is 5.85. The number of hydrogen-bond donors (Lipinski definition) is 2. The minimum atomic E-state index is 0.0573. The number of nitrogens with one attached hydrogen (secondary N) is 2. The fourth-order valence-corrected chi connectivity index (χ4v) is 8.68. The molecule has 0 saturated carbocycles. The van der Waals surface area contributed by atoms with Crippen LogP contribution in [-0.2, 0) is 10.8 Å². The van der Waals surface area contributed by atoms with Crippen molar-refractivity contribution in [1.29, 1.82) is 0 Å². The normalized spacial score (nSPS) is 13.6. The Morgan fingerprint density at radius 3 is 0.964 bits per heavy atom. The van der Waals surface area contributed by atoms with Crippen LogP contribution in [0.1, 0.15) is 49.9 Å². The van der Waals surface area contributed by atoms with Crippen LogP contribution in [0.4, 0.5) is 22.7 Å². The van der Waals surface area contributed by atoms with Crippen molar-refractivity contribution in [3.05, 3.63) is 216 Å². The molecule has 2 heteroatoms. The zero-order valence-corrected chi connectivity index (χ0v) is 32.5. The van der Waals surface area contributed by atoms with E-state index in [-0.39, 0.29) is 10.8 Å². The van der Waals surface area contributed by atoms with E-state index in [1.54, 1.807) is 0 Å². The molecule has 0 amide bonds. The van der Waals surface area contributed by atoms with Crippen molar-refractivity contribution in [1.82, 2.24) is 0 Å². The Labute approximate surface area is 331 Å². The lowest BCUT2D eigenvalue weighted by atomic mass is 9.82. The van der Waals surface area contributed by atoms with Gasteiger partial charge in [-0.15, -0.1) is 0 Å². The molecule has 0 atom stereocenters. The minimum Gasteiger partial charge on any atom is -0.356 e. The molecule has 10 rings (SSSR count). The van der Waals surface area contributed by atoms with Gasteiger partial charge in [0, 0.05) is 33.6 Å². The maximum atomic E-state index is 3.57. The van der Waals surface area contributed by atoms with Crippen molar-refractivity contribution in [3.63, 3.8) is 0 Å². The molecule has 0 radical (unpaired) electrons. The molecule has 272 valence electrons. The van der Waals surface area contributed by atoms with E-state index < -0.39 is 0 Å². The first-order chi connectivity index (χ1) is 27.3. The maximum absolute atomic E-state index is 3.57. The van der Waals surface area contributed by atoms with Gasteiger partial charge in [0.25, 0.3) is 0 Å². The Morgan fingerprint density at radius 2 is 0.571 bits per heavy atom. The van der Waals surface area contributed by atoms with Crippen LogP contribution in [0.5, 0.6) is 0 Å². The van der Waals surface area contributed by atoms with Crippen LogP contribution in [0.25, 0.3) is 44.5 Å². The van der Waals surface area contributed by atoms with Gasteiger partial charge in [-0.1, -0.05) is 173 Å². The Hall–Kier alpha value is -6.64. The molecular formula is C54H46N2. The summed E-state index contributed by atoms with van der Waals surface area (Å²) in [5, 5.41) is 7.14. The third-order valence-corrected chi connectivity index (χ3v) is 11.7. The van der Waals surface area contributed by atoms with Crippen molar-refractivity contribution in [2.45, 2.75) is 38.5 Å². The molecule has 2 N–H and O–H groups in total. The molecule has 0 fully saturated rings. The zero-order chi connectivity index (χ0) is 38.3. The predicted octanol–water partition coefficient (Wildman–Crippen LogP) is 14.8. The van der Waals surface area contributed by atoms with E-state index >= 15 is 0 Å². The van der Waals surface area contributed by atoms with Crippen molar-refractivity contribution in [2.24, 2.45) is 0 Å². The SMILES string of the molecule is CC1(C)c2ccccc2-c2cc(Nc3ccc(-c4ccccc4)cc3)ccc21.CC1(C)c2ccccc2-c2cc(Nc3ccc(-c4ccccc4)cc3)ccc21. The van der Waals surface area contributed by atoms with Gasteiger partial charge < -0.3 is 10.6 Å². The molecule has 2 aliphatic rings. The summed E-state index contributed by atoms with van der Waals surface area (Å²) in [5.74, 6) is 0. The van der Waals surface area contributed by atoms with Gasteiger partial charge in [0.05, 0.1) is 0 Å². The van der Waals surface area contributed by atoms with Gasteiger partial charge in [0.15, 0.2) is 0 Å². The highest BCUT2D eigenvalue weighted by Gasteiger charge is 2.36. The maximum Gasteiger partial charge on any atom is 0.0390 e. The molecule has 2 nitrogen and oxygen atoms in total. The smallest absolute Gasteiger partial charge is 0.0390 e. The number of anilines is 4. The molecule has 0 heterocycles. The van der Waals surface area contributed by atoms with E-state index in [2.05, 4.69) is 220 Å². The Morgan fingerprint density at radius 1 is 0.268 bits per heavy atom. The van der Waals surface area contributed by atoms with E-state index in [0.717, 1.165) is 22.7 Å². The molecule has 2 aliphatic carbocycles. The summed E-state index contributed by atoms with van der Waals surface area (Å²) in [5.41, 5.74) is 20.5. The first kappa shape index (κ1) is 35.1. The predicted molar refractivity (Wildman–Crippen MR) is 238 cm³/mol. The third-order valence-electron chi connectivity index (χ3n) is 11.7. The highest BCUT2D eigenvalue weighted by atomic mass is 14.9. The second-order valence-electron chi connectivity index (χ2n) is 16.0. The van der Waals surface area contributed by atoms with E-state index in [0.29, 0.717) is 0 Å². The molecule has 0 unspecified atom stereocenters. The number of hydrogen-bond acceptors (Lipinski definition) is 2. The van der Waals surface area contributed by atoms with E-state index in [9.17, 15) is 0 Å². The molecule has 56 heavy (non-hydrogen) atoms. The molecule has 0 aliphatic heterocycles. The van der Waals surface area contributed by atoms with Gasteiger partial charge in [0.1, 0.15) is 0 Å². The van der Waals surface area contributed by atoms with Crippen molar-refractivity contribution in [3.8, 4) is 44.5 Å². The second-order valence-corrected chi connectivity index (χ2v) is 16.0. The lowest BCUT2D eigenvalue weighted by molar-refractivity contribution is 0.660. The Bertz CT molecular complexity index is 2470. The minimum absolute atomic E-state index is 0.0573. The molecule has 0 aromatic heterocycles. The van der Waals surface area contributed by atoms with Gasteiger partial charge in [-0.3, -0.25) is 0 Å². The van der Waals surface area contributed by atoms with Crippen LogP contribution >= 0.6 is 0 Å². The fraction of sp³-hybridized carbons (Fsp3) is 0.111. The lowest BCUT2D eigenvalue weighted by Crippen LogP contribution is -2.14. The number of benzene rings is 8. The van der Waals surface area contributed by atoms with Gasteiger partial charge >= 0.3 is 0 Å². The average molecular weight is 723 g/mol. The second kappa shape index (κ2) is 14.2. The molecule has 0 bridgehead atoms. The largest absolute Gasteiger partial charge is 0.356 e. The average Bonchev–Trinajstić information content (AvgIpc) is 3.61. The van der Waals surface area contributed by atoms with E-state index in [1.807, 2.05) is 12.1 Å². The third kappa shape index (κ3) is 6.48. The van der Waals surface area contributed by atoms with Gasteiger partial charge in [-0.2, -0.15) is 0 Å². The number of rotatable bonds is 6. The summed E-state index contributed by atoms with van der Waals surface area (Å²) in [7, 11) is 0. The van der Waals surface area contributed by atoms with E-state index in [1.165, 1.54) is 66.8 Å². The Balaban J connectivity index is 0.000000146. The highest BCUT2D eigenvalue weighted by Crippen LogP contribution is 2.50. The summed E-state index contributed by atoms with van der Waals surface area (Å²) in [4.78, 5) is 0. The van der Waals surface area contributed by atoms with E-state index in [4.69, 9.17) is 0 Å². The Kier molecular flexibility index (Phi) is 8.90. The van der Waals surface area contributed by atoms with Crippen LogP contribution in [-0.4, -0.2) is 0 Å². The van der Waals surface area contributed by atoms with Crippen LogP contribution in [0.3, 0.4) is 0 Å². The topological polar surface area (TPSA) is 24.1 Å². The summed E-state index contributed by atoms with van der Waals surface area (Å²) in [6.07, 6.45) is 0. The number of fused-ring (bicyclic) bond motifs is 6. The summed E-state index contributed by atoms with van der Waals surface area (Å²) < 4.78 is 0. The summed E-state index contributed by atoms with van der Waals surface area (Å²) >= 11 is 0. The molecule has 8 aromatic rings. The zero-order valence-electron chi connectivity index (χ0n) is 32.5. The standard InChI is InChI=1S/2C27H23N/c2*1-27(2)25-11-7-6-10-23(25)24-18-22(16-17-26(24)27)28-21-14-12-20(13-15-21)19-8-4-3-5-9-19/h2*3-18,28H,1-2H3. The van der Waals surface area contributed by atoms with Gasteiger partial charge in [-0.25, -0.2) is 0 Å². The first-order valence-electron chi connectivity index (χ1n) is 19.6. The summed E-state index contributed by atoms with van der Waals surface area (Å²) in [6, 6.07) is 69.3. The van der Waals surface area contributed by atoms with Crippen molar-refractivity contribution in [2.75, 3.05) is 10.6 Å². The fourth-order valence-electron chi connectivity index (χ4n) is 8.68. The lowest BCUT2D eigenvalue weighted by Gasteiger charge is -2.21.